The molecule has 0 saturated heterocycles. The molecule has 3 rings (SSSR count). The largest absolute Gasteiger partial charge is 0.352 e. The number of benzene rings is 2. The second-order valence-corrected chi connectivity index (χ2v) is 10.7. The lowest BCUT2D eigenvalue weighted by Crippen LogP contribution is -2.50. The molecule has 1 fully saturated rings. The normalized spacial score (nSPS) is 14.9. The van der Waals surface area contributed by atoms with Crippen molar-refractivity contribution in [3.05, 3.63) is 68.1 Å². The smallest absolute Gasteiger partial charge is 0.242 e. The van der Waals surface area contributed by atoms with Gasteiger partial charge in [0.25, 0.3) is 0 Å². The summed E-state index contributed by atoms with van der Waals surface area (Å²) in [5, 5.41) is 4.08. The zero-order valence-electron chi connectivity index (χ0n) is 18.0. The van der Waals surface area contributed by atoms with Gasteiger partial charge in [0.15, 0.2) is 0 Å². The Balaban J connectivity index is 1.70. The summed E-state index contributed by atoms with van der Waals surface area (Å²) in [4.78, 5) is 27.8. The molecule has 0 aromatic heterocycles. The summed E-state index contributed by atoms with van der Waals surface area (Å²) in [5.74, 6) is 0.727. The van der Waals surface area contributed by atoms with Crippen LogP contribution in [0, 0.1) is 0 Å². The zero-order valence-corrected chi connectivity index (χ0v) is 21.9. The first-order valence-electron chi connectivity index (χ1n) is 10.7. The van der Waals surface area contributed by atoms with Gasteiger partial charge in [-0.05, 0) is 49.6 Å². The van der Waals surface area contributed by atoms with Crippen LogP contribution in [0.1, 0.15) is 43.7 Å². The third-order valence-electron chi connectivity index (χ3n) is 5.67. The van der Waals surface area contributed by atoms with Gasteiger partial charge in [0, 0.05) is 38.4 Å². The van der Waals surface area contributed by atoms with E-state index in [1.807, 2.05) is 24.3 Å². The van der Waals surface area contributed by atoms with Gasteiger partial charge in [-0.2, -0.15) is 0 Å². The van der Waals surface area contributed by atoms with E-state index in [4.69, 9.17) is 23.2 Å². The Labute approximate surface area is 212 Å². The van der Waals surface area contributed by atoms with E-state index >= 15 is 0 Å². The van der Waals surface area contributed by atoms with Crippen molar-refractivity contribution < 1.29 is 9.59 Å². The summed E-state index contributed by atoms with van der Waals surface area (Å²) >= 11 is 17.7. The summed E-state index contributed by atoms with van der Waals surface area (Å²) < 4.78 is 1.02. The molecule has 1 aliphatic rings. The minimum Gasteiger partial charge on any atom is -0.352 e. The average molecular weight is 558 g/mol. The Hall–Kier alpha value is -1.21. The highest BCUT2D eigenvalue weighted by Gasteiger charge is 2.29. The minimum atomic E-state index is -0.622. The van der Waals surface area contributed by atoms with Gasteiger partial charge in [0.2, 0.25) is 11.8 Å². The van der Waals surface area contributed by atoms with Crippen LogP contribution in [-0.4, -0.2) is 34.6 Å². The van der Waals surface area contributed by atoms with Crippen LogP contribution in [0.4, 0.5) is 0 Å². The summed E-state index contributed by atoms with van der Waals surface area (Å²) in [6.45, 7) is 1.96. The highest BCUT2D eigenvalue weighted by atomic mass is 79.9. The van der Waals surface area contributed by atoms with Crippen molar-refractivity contribution in [2.75, 3.05) is 5.75 Å². The Morgan fingerprint density at radius 2 is 1.75 bits per heavy atom. The van der Waals surface area contributed by atoms with Crippen molar-refractivity contribution in [3.63, 3.8) is 0 Å². The number of hydrogen-bond donors (Lipinski definition) is 1. The minimum absolute atomic E-state index is 0.114. The summed E-state index contributed by atoms with van der Waals surface area (Å²) in [6.07, 6.45) is 4.24. The number of nitrogens with one attached hydrogen (secondary N) is 1. The van der Waals surface area contributed by atoms with Gasteiger partial charge >= 0.3 is 0 Å². The van der Waals surface area contributed by atoms with Crippen LogP contribution in [0.3, 0.4) is 0 Å². The Bertz CT molecular complexity index is 916. The van der Waals surface area contributed by atoms with E-state index in [9.17, 15) is 9.59 Å². The molecule has 172 valence electrons. The van der Waals surface area contributed by atoms with E-state index < -0.39 is 6.04 Å². The first-order chi connectivity index (χ1) is 15.3. The molecular formula is C24H27BrCl2N2O2S. The molecule has 0 radical (unpaired) electrons. The van der Waals surface area contributed by atoms with Crippen molar-refractivity contribution in [3.8, 4) is 0 Å². The Kier molecular flexibility index (Phi) is 9.77. The topological polar surface area (TPSA) is 49.4 Å². The van der Waals surface area contributed by atoms with Crippen molar-refractivity contribution in [2.24, 2.45) is 0 Å². The molecule has 1 N–H and O–H groups in total. The molecule has 0 aliphatic heterocycles. The SMILES string of the molecule is C[C@@H](C(=O)NC1CCCC1)N(Cc1c(Cl)cccc1Cl)C(=O)CSCc1ccc(Br)cc1. The van der Waals surface area contributed by atoms with E-state index in [1.54, 1.807) is 30.0 Å². The first-order valence-corrected chi connectivity index (χ1v) is 13.4. The fraction of sp³-hybridized carbons (Fsp3) is 0.417. The lowest BCUT2D eigenvalue weighted by molar-refractivity contribution is -0.138. The molecule has 0 bridgehead atoms. The second kappa shape index (κ2) is 12.3. The fourth-order valence-electron chi connectivity index (χ4n) is 3.75. The van der Waals surface area contributed by atoms with Crippen LogP contribution in [0.15, 0.2) is 46.9 Å². The monoisotopic (exact) mass is 556 g/mol. The molecule has 0 heterocycles. The standard InChI is InChI=1S/C24H27BrCl2N2O2S/c1-16(24(31)28-19-5-2-3-6-19)29(13-20-21(26)7-4-8-22(20)27)23(30)15-32-14-17-9-11-18(25)12-10-17/h4,7-12,16,19H,2-3,5-6,13-15H2,1H3,(H,28,31)/t16-/m0/s1. The lowest BCUT2D eigenvalue weighted by atomic mass is 10.1. The molecule has 2 amide bonds. The summed E-state index contributed by atoms with van der Waals surface area (Å²) in [5.41, 5.74) is 1.79. The zero-order chi connectivity index (χ0) is 23.1. The molecule has 32 heavy (non-hydrogen) atoms. The van der Waals surface area contributed by atoms with E-state index in [0.717, 1.165) is 35.7 Å². The number of thioether (sulfide) groups is 1. The molecular weight excluding hydrogens is 531 g/mol. The van der Waals surface area contributed by atoms with Gasteiger partial charge < -0.3 is 10.2 Å². The molecule has 1 aliphatic carbocycles. The Morgan fingerprint density at radius 1 is 1.12 bits per heavy atom. The van der Waals surface area contributed by atoms with E-state index in [1.165, 1.54) is 11.8 Å². The van der Waals surface area contributed by atoms with E-state index in [-0.39, 0.29) is 30.2 Å². The quantitative estimate of drug-likeness (QED) is 0.384. The lowest BCUT2D eigenvalue weighted by Gasteiger charge is -2.30. The number of halogens is 3. The molecule has 1 atom stereocenters. The maximum Gasteiger partial charge on any atom is 0.242 e. The van der Waals surface area contributed by atoms with E-state index in [0.29, 0.717) is 21.4 Å². The maximum absolute atomic E-state index is 13.2. The van der Waals surface area contributed by atoms with Crippen LogP contribution in [0.5, 0.6) is 0 Å². The van der Waals surface area contributed by atoms with Crippen LogP contribution in [-0.2, 0) is 21.9 Å². The van der Waals surface area contributed by atoms with Gasteiger partial charge in [-0.1, -0.05) is 70.2 Å². The Morgan fingerprint density at radius 3 is 2.38 bits per heavy atom. The molecule has 2 aromatic carbocycles. The van der Waals surface area contributed by atoms with Gasteiger partial charge in [-0.25, -0.2) is 0 Å². The van der Waals surface area contributed by atoms with Crippen molar-refractivity contribution in [1.82, 2.24) is 10.2 Å². The van der Waals surface area contributed by atoms with Crippen LogP contribution >= 0.6 is 50.9 Å². The van der Waals surface area contributed by atoms with Gasteiger partial charge in [0.1, 0.15) is 6.04 Å². The number of carbonyl (C=O) groups is 2. The van der Waals surface area contributed by atoms with Crippen LogP contribution < -0.4 is 5.32 Å². The third kappa shape index (κ3) is 7.14. The molecule has 2 aromatic rings. The molecule has 0 spiro atoms. The van der Waals surface area contributed by atoms with Gasteiger partial charge in [-0.3, -0.25) is 9.59 Å². The number of rotatable bonds is 9. The molecule has 8 heteroatoms. The number of hydrogen-bond acceptors (Lipinski definition) is 3. The molecule has 1 saturated carbocycles. The van der Waals surface area contributed by atoms with Crippen LogP contribution in [0.2, 0.25) is 10.0 Å². The van der Waals surface area contributed by atoms with Crippen LogP contribution in [0.25, 0.3) is 0 Å². The molecule has 0 unspecified atom stereocenters. The summed E-state index contributed by atoms with van der Waals surface area (Å²) in [7, 11) is 0. The van der Waals surface area contributed by atoms with Crippen molar-refractivity contribution in [1.29, 1.82) is 0 Å². The number of nitrogens with zero attached hydrogens (tertiary/aromatic N) is 1. The highest BCUT2D eigenvalue weighted by molar-refractivity contribution is 9.10. The predicted molar refractivity (Wildman–Crippen MR) is 137 cm³/mol. The van der Waals surface area contributed by atoms with Crippen molar-refractivity contribution >= 4 is 62.7 Å². The number of amides is 2. The van der Waals surface area contributed by atoms with Gasteiger partial charge in [-0.15, -0.1) is 11.8 Å². The predicted octanol–water partition coefficient (Wildman–Crippen LogP) is 6.47. The number of carbonyl (C=O) groups excluding carboxylic acids is 2. The maximum atomic E-state index is 13.2. The molecule has 4 nitrogen and oxygen atoms in total. The first kappa shape index (κ1) is 25.4. The fourth-order valence-corrected chi connectivity index (χ4v) is 5.40. The van der Waals surface area contributed by atoms with Gasteiger partial charge in [0.05, 0.1) is 5.75 Å². The highest BCUT2D eigenvalue weighted by Crippen LogP contribution is 2.27. The second-order valence-electron chi connectivity index (χ2n) is 8.01. The third-order valence-corrected chi connectivity index (χ3v) is 7.89. The summed E-state index contributed by atoms with van der Waals surface area (Å²) in [6, 6.07) is 12.9. The van der Waals surface area contributed by atoms with E-state index in [2.05, 4.69) is 21.2 Å². The average Bonchev–Trinajstić information content (AvgIpc) is 3.27. The van der Waals surface area contributed by atoms with Crippen molar-refractivity contribution in [2.45, 2.75) is 57.0 Å².